The lowest BCUT2D eigenvalue weighted by Crippen LogP contribution is -2.36. The summed E-state index contributed by atoms with van der Waals surface area (Å²) in [5, 5.41) is 14.8. The first kappa shape index (κ1) is 30.8. The smallest absolute Gasteiger partial charge is 0.315 e. The van der Waals surface area contributed by atoms with E-state index in [2.05, 4.69) is 21.6 Å². The second-order valence-corrected chi connectivity index (χ2v) is 14.3. The van der Waals surface area contributed by atoms with E-state index in [9.17, 15) is 14.4 Å². The highest BCUT2D eigenvalue weighted by molar-refractivity contribution is 8.05. The van der Waals surface area contributed by atoms with Crippen molar-refractivity contribution in [3.63, 3.8) is 0 Å². The summed E-state index contributed by atoms with van der Waals surface area (Å²) in [7, 11) is 0. The summed E-state index contributed by atoms with van der Waals surface area (Å²) in [6.45, 7) is 2.72. The molecule has 3 atom stereocenters. The Morgan fingerprint density at radius 2 is 1.84 bits per heavy atom. The van der Waals surface area contributed by atoms with E-state index in [0.29, 0.717) is 30.1 Å². The van der Waals surface area contributed by atoms with Crippen molar-refractivity contribution in [2.45, 2.75) is 62.6 Å². The number of hydrogen-bond donors (Lipinski definition) is 4. The molecule has 5 N–H and O–H groups in total. The molecule has 232 valence electrons. The normalized spacial score (nSPS) is 21.7. The predicted molar refractivity (Wildman–Crippen MR) is 174 cm³/mol. The molecular formula is C31H34N4O6S3. The number of amides is 2. The lowest BCUT2D eigenvalue weighted by molar-refractivity contribution is -0.137. The number of nitrogen functional groups attached to an aromatic ring is 1. The Morgan fingerprint density at radius 1 is 1.00 bits per heavy atom. The van der Waals surface area contributed by atoms with Gasteiger partial charge in [-0.15, -0.1) is 0 Å². The molecule has 3 aromatic rings. The number of aliphatic carboxylic acids is 1. The van der Waals surface area contributed by atoms with Crippen molar-refractivity contribution in [3.8, 4) is 11.3 Å². The molecule has 3 fully saturated rings. The highest BCUT2D eigenvalue weighted by Crippen LogP contribution is 2.52. The minimum Gasteiger partial charge on any atom is -0.481 e. The first-order valence-electron chi connectivity index (χ1n) is 14.6. The number of nitrogens with one attached hydrogen (secondary N) is 2. The van der Waals surface area contributed by atoms with Gasteiger partial charge >= 0.3 is 12.0 Å². The van der Waals surface area contributed by atoms with Crippen molar-refractivity contribution in [1.29, 1.82) is 0 Å². The molecule has 0 spiro atoms. The number of carbonyl (C=O) groups excluding carboxylic acids is 1. The van der Waals surface area contributed by atoms with E-state index in [1.165, 1.54) is 0 Å². The highest BCUT2D eigenvalue weighted by atomic mass is 32.2. The molecule has 10 nitrogen and oxygen atoms in total. The largest absolute Gasteiger partial charge is 0.481 e. The second-order valence-electron chi connectivity index (χ2n) is 10.9. The first-order valence-corrected chi connectivity index (χ1v) is 17.3. The molecule has 4 aliphatic heterocycles. The Bertz CT molecular complexity index is 1590. The molecule has 1 aromatic heterocycles. The zero-order chi connectivity index (χ0) is 30.6. The van der Waals surface area contributed by atoms with Crippen LogP contribution in [0.2, 0.25) is 0 Å². The summed E-state index contributed by atoms with van der Waals surface area (Å²) in [6.07, 6.45) is 2.88. The number of rotatable bonds is 7. The van der Waals surface area contributed by atoms with Crippen molar-refractivity contribution >= 4 is 58.9 Å². The Morgan fingerprint density at radius 3 is 2.66 bits per heavy atom. The van der Waals surface area contributed by atoms with Crippen LogP contribution in [0.4, 0.5) is 16.4 Å². The molecule has 0 unspecified atom stereocenters. The summed E-state index contributed by atoms with van der Waals surface area (Å²) in [5.74, 6) is 1.43. The van der Waals surface area contributed by atoms with Gasteiger partial charge in [0.05, 0.1) is 25.3 Å². The summed E-state index contributed by atoms with van der Waals surface area (Å²) in [5.41, 5.74) is 7.58. The Balaban J connectivity index is 0.000000182. The molecular weight excluding hydrogens is 621 g/mol. The SMILES string of the molecule is Nc1ccc2c(c1)Sc1cccc(-c3cc(=O)cc(N4CCOCC4)o3)c1S2.O=C(O)CCCC[C@@H]1SC[C@@H]2NC(=O)N[C@@H]21. The van der Waals surface area contributed by atoms with Gasteiger partial charge < -0.3 is 35.5 Å². The molecule has 5 heterocycles. The summed E-state index contributed by atoms with van der Waals surface area (Å²) in [4.78, 5) is 40.5. The van der Waals surface area contributed by atoms with Gasteiger partial charge in [-0.3, -0.25) is 9.59 Å². The van der Waals surface area contributed by atoms with Crippen molar-refractivity contribution in [2.24, 2.45) is 0 Å². The number of unbranched alkanes of at least 4 members (excludes halogenated alkanes) is 1. The third-order valence-corrected chi connectivity index (χ3v) is 11.9. The summed E-state index contributed by atoms with van der Waals surface area (Å²) >= 11 is 5.25. The maximum Gasteiger partial charge on any atom is 0.315 e. The molecule has 0 radical (unpaired) electrons. The molecule has 3 saturated heterocycles. The number of benzene rings is 2. The Hall–Kier alpha value is -3.26. The predicted octanol–water partition coefficient (Wildman–Crippen LogP) is 5.14. The monoisotopic (exact) mass is 654 g/mol. The fraction of sp³-hybridized carbons (Fsp3) is 0.387. The van der Waals surface area contributed by atoms with Crippen LogP contribution in [0.3, 0.4) is 0 Å². The van der Waals surface area contributed by atoms with Crippen LogP contribution in [0.15, 0.2) is 77.3 Å². The number of anilines is 2. The van der Waals surface area contributed by atoms with Gasteiger partial charge in [-0.1, -0.05) is 42.1 Å². The molecule has 0 saturated carbocycles. The fourth-order valence-electron chi connectivity index (χ4n) is 5.61. The molecule has 7 rings (SSSR count). The van der Waals surface area contributed by atoms with Crippen LogP contribution in [0.5, 0.6) is 0 Å². The van der Waals surface area contributed by atoms with E-state index in [0.717, 1.165) is 68.9 Å². The van der Waals surface area contributed by atoms with Gasteiger partial charge in [0.2, 0.25) is 0 Å². The van der Waals surface area contributed by atoms with Crippen LogP contribution in [0, 0.1) is 0 Å². The standard InChI is InChI=1S/C21H18N2O3S2.C10H16N2O3S/c22-13-4-5-17-19(10-13)27-18-3-1-2-15(21(18)28-17)16-11-14(24)12-20(26-16)23-6-8-25-9-7-23;13-8(14)4-2-1-3-7-9-6(5-16-7)11-10(15)12-9/h1-5,10-12H,6-9,22H2;6-7,9H,1-5H2,(H,13,14)(H2,11,12,15)/t;6-,7-,9-/m.0/s1. The minimum atomic E-state index is -0.729. The highest BCUT2D eigenvalue weighted by Gasteiger charge is 2.42. The molecule has 4 aliphatic rings. The summed E-state index contributed by atoms with van der Waals surface area (Å²) < 4.78 is 11.6. The quantitative estimate of drug-likeness (QED) is 0.119. The van der Waals surface area contributed by atoms with Crippen LogP contribution < -0.4 is 26.7 Å². The van der Waals surface area contributed by atoms with Crippen LogP contribution in [0.25, 0.3) is 11.3 Å². The van der Waals surface area contributed by atoms with E-state index in [1.54, 1.807) is 35.7 Å². The number of ether oxygens (including phenoxy) is 1. The number of nitrogens with two attached hydrogens (primary N) is 1. The van der Waals surface area contributed by atoms with Crippen LogP contribution in [-0.2, 0) is 9.53 Å². The van der Waals surface area contributed by atoms with Crippen molar-refractivity contribution in [3.05, 3.63) is 58.8 Å². The molecule has 2 aromatic carbocycles. The molecule has 44 heavy (non-hydrogen) atoms. The first-order chi connectivity index (χ1) is 21.3. The lowest BCUT2D eigenvalue weighted by Gasteiger charge is -2.27. The topological polar surface area (TPSA) is 147 Å². The third-order valence-electron chi connectivity index (χ3n) is 7.79. The van der Waals surface area contributed by atoms with Gasteiger partial charge in [0.25, 0.3) is 0 Å². The van der Waals surface area contributed by atoms with Crippen molar-refractivity contribution in [1.82, 2.24) is 10.6 Å². The number of nitrogens with zero attached hydrogens (tertiary/aromatic N) is 1. The maximum absolute atomic E-state index is 12.4. The van der Waals surface area contributed by atoms with Gasteiger partial charge in [-0.25, -0.2) is 4.79 Å². The third kappa shape index (κ3) is 7.17. The van der Waals surface area contributed by atoms with Gasteiger partial charge in [0.15, 0.2) is 11.3 Å². The number of hydrogen-bond acceptors (Lipinski definition) is 10. The van der Waals surface area contributed by atoms with Crippen molar-refractivity contribution < 1.29 is 23.8 Å². The number of fused-ring (bicyclic) bond motifs is 3. The molecule has 2 amide bonds. The van der Waals surface area contributed by atoms with Gasteiger partial charge in [0, 0.05) is 73.5 Å². The summed E-state index contributed by atoms with van der Waals surface area (Å²) in [6, 6.07) is 15.6. The van der Waals surface area contributed by atoms with E-state index in [4.69, 9.17) is 20.0 Å². The number of morpholine rings is 1. The average Bonchev–Trinajstić information content (AvgIpc) is 3.57. The lowest BCUT2D eigenvalue weighted by atomic mass is 10.0. The number of carboxylic acids is 1. The van der Waals surface area contributed by atoms with Crippen LogP contribution in [-0.4, -0.2) is 66.5 Å². The molecule has 0 bridgehead atoms. The molecule has 13 heteroatoms. The molecule has 0 aliphatic carbocycles. The minimum absolute atomic E-state index is 0.0537. The van der Waals surface area contributed by atoms with Gasteiger partial charge in [0.1, 0.15) is 5.76 Å². The number of thioether (sulfide) groups is 1. The van der Waals surface area contributed by atoms with Gasteiger partial charge in [-0.05, 0) is 37.1 Å². The maximum atomic E-state index is 12.4. The van der Waals surface area contributed by atoms with Crippen LogP contribution >= 0.6 is 35.3 Å². The zero-order valence-electron chi connectivity index (χ0n) is 24.0. The number of urea groups is 1. The Labute approximate surface area is 267 Å². The number of carbonyl (C=O) groups is 2. The zero-order valence-corrected chi connectivity index (χ0v) is 26.4. The second kappa shape index (κ2) is 13.8. The number of carboxylic acid groups (broad SMARTS) is 1. The van der Waals surface area contributed by atoms with E-state index in [-0.39, 0.29) is 30.0 Å². The van der Waals surface area contributed by atoms with Crippen molar-refractivity contribution in [2.75, 3.05) is 42.7 Å². The fourth-order valence-corrected chi connectivity index (χ4v) is 9.57. The van der Waals surface area contributed by atoms with E-state index >= 15 is 0 Å². The van der Waals surface area contributed by atoms with E-state index in [1.807, 2.05) is 42.1 Å². The average molecular weight is 655 g/mol. The van der Waals surface area contributed by atoms with Crippen LogP contribution in [0.1, 0.15) is 25.7 Å². The Kier molecular flexibility index (Phi) is 9.65. The van der Waals surface area contributed by atoms with Gasteiger partial charge in [-0.2, -0.15) is 11.8 Å². The van der Waals surface area contributed by atoms with E-state index < -0.39 is 5.97 Å².